The van der Waals surface area contributed by atoms with Crippen LogP contribution >= 0.6 is 0 Å². The highest BCUT2D eigenvalue weighted by Gasteiger charge is 2.34. The highest BCUT2D eigenvalue weighted by atomic mass is 16.5. The first-order valence-electron chi connectivity index (χ1n) is 19.9. The molecule has 1 atom stereocenters. The highest BCUT2D eigenvalue weighted by molar-refractivity contribution is 5.80. The first-order valence-corrected chi connectivity index (χ1v) is 19.9. The molecule has 1 fully saturated rings. The number of benzene rings is 4. The Morgan fingerprint density at radius 3 is 2.29 bits per heavy atom. The maximum atomic E-state index is 14.2. The summed E-state index contributed by atoms with van der Waals surface area (Å²) < 4.78 is 18.5. The van der Waals surface area contributed by atoms with Crippen molar-refractivity contribution in [2.24, 2.45) is 0 Å². The van der Waals surface area contributed by atoms with Crippen molar-refractivity contribution in [3.05, 3.63) is 152 Å². The smallest absolute Gasteiger partial charge is 0.439 e. The predicted molar refractivity (Wildman–Crippen MR) is 221 cm³/mol. The van der Waals surface area contributed by atoms with Gasteiger partial charge in [-0.15, -0.1) is 0 Å². The van der Waals surface area contributed by atoms with E-state index in [4.69, 9.17) is 19.0 Å². The van der Waals surface area contributed by atoms with Crippen LogP contribution in [0.4, 0.5) is 0 Å². The number of rotatable bonds is 9. The summed E-state index contributed by atoms with van der Waals surface area (Å²) in [6.07, 6.45) is 9.74. The van der Waals surface area contributed by atoms with Crippen LogP contribution in [0.1, 0.15) is 112 Å². The largest absolute Gasteiger partial charge is 0.487 e. The van der Waals surface area contributed by atoms with Crippen LogP contribution in [0.3, 0.4) is 0 Å². The lowest BCUT2D eigenvalue weighted by atomic mass is 9.84. The van der Waals surface area contributed by atoms with Gasteiger partial charge in [-0.3, -0.25) is 18.9 Å². The van der Waals surface area contributed by atoms with Gasteiger partial charge < -0.3 is 9.47 Å². The van der Waals surface area contributed by atoms with Crippen LogP contribution in [-0.2, 0) is 17.6 Å². The van der Waals surface area contributed by atoms with Crippen molar-refractivity contribution >= 4 is 0 Å². The molecule has 9 nitrogen and oxygen atoms in total. The van der Waals surface area contributed by atoms with Gasteiger partial charge in [0.15, 0.2) is 5.82 Å². The number of nitrogens with zero attached hydrogens (tertiary/aromatic N) is 3. The van der Waals surface area contributed by atoms with E-state index >= 15 is 0 Å². The van der Waals surface area contributed by atoms with Crippen molar-refractivity contribution in [2.45, 2.75) is 103 Å². The van der Waals surface area contributed by atoms with E-state index in [9.17, 15) is 9.59 Å². The van der Waals surface area contributed by atoms with Gasteiger partial charge >= 0.3 is 5.76 Å². The zero-order valence-electron chi connectivity index (χ0n) is 33.1. The highest BCUT2D eigenvalue weighted by Crippen LogP contribution is 2.42. The third-order valence-corrected chi connectivity index (χ3v) is 11.0. The van der Waals surface area contributed by atoms with Gasteiger partial charge in [0.2, 0.25) is 0 Å². The molecule has 2 aliphatic rings. The summed E-state index contributed by atoms with van der Waals surface area (Å²) in [6.45, 7) is 8.08. The van der Waals surface area contributed by atoms with E-state index < -0.39 is 5.76 Å². The standard InChI is InChI=1S/C35H36N4O5.C12H16/c1-6-9-29-27(18-22-12-14-23(15-13-22)25-10-7-8-11-26(25)32-37-34(41)44-38-32)33(40)39(21(2)36-29)24-16-17-30-28(19-24)31(42-5)20-35(3,4)43-30;1-3-7-11(8-4-1)12-9-5-2-6-10-12/h7-8,10-17,19,31H,6,9,18,20H2,1-5H3,(H,37,38,41);1,3-4,7-8,12H,2,5-6,9-10H2. The average molecular weight is 753 g/mol. The average Bonchev–Trinajstić information content (AvgIpc) is 3.66. The summed E-state index contributed by atoms with van der Waals surface area (Å²) in [5.41, 5.74) is 7.94. The number of nitrogens with one attached hydrogen (secondary N) is 1. The lowest BCUT2D eigenvalue weighted by Gasteiger charge is -2.37. The van der Waals surface area contributed by atoms with Crippen molar-refractivity contribution in [1.29, 1.82) is 0 Å². The Morgan fingerprint density at radius 1 is 0.893 bits per heavy atom. The van der Waals surface area contributed by atoms with E-state index in [1.54, 1.807) is 17.2 Å². The van der Waals surface area contributed by atoms with Crippen LogP contribution in [0.2, 0.25) is 0 Å². The van der Waals surface area contributed by atoms with Crippen molar-refractivity contribution in [3.63, 3.8) is 0 Å². The molecule has 1 aliphatic heterocycles. The predicted octanol–water partition coefficient (Wildman–Crippen LogP) is 10.1. The Morgan fingerprint density at radius 2 is 1.61 bits per heavy atom. The molecule has 0 amide bonds. The second kappa shape index (κ2) is 17.1. The van der Waals surface area contributed by atoms with Gasteiger partial charge in [-0.1, -0.05) is 117 Å². The molecule has 1 unspecified atom stereocenters. The second-order valence-electron chi connectivity index (χ2n) is 15.6. The Hall–Kier alpha value is -5.54. The van der Waals surface area contributed by atoms with Crippen LogP contribution in [0, 0.1) is 6.92 Å². The molecule has 1 saturated carbocycles. The molecule has 4 aromatic carbocycles. The number of aryl methyl sites for hydroxylation is 2. The summed E-state index contributed by atoms with van der Waals surface area (Å²) in [6, 6.07) is 32.6. The molecule has 6 aromatic rings. The number of H-pyrrole nitrogens is 1. The molecular formula is C47H52N4O5. The number of methoxy groups -OCH3 is 1. The van der Waals surface area contributed by atoms with Gasteiger partial charge in [0.1, 0.15) is 17.2 Å². The first kappa shape index (κ1) is 38.7. The number of hydrogen-bond donors (Lipinski definition) is 1. The molecule has 0 radical (unpaired) electrons. The second-order valence-corrected chi connectivity index (χ2v) is 15.6. The Bertz CT molecular complexity index is 2370. The molecule has 1 aliphatic carbocycles. The van der Waals surface area contributed by atoms with Gasteiger partial charge in [-0.05, 0) is 86.4 Å². The van der Waals surface area contributed by atoms with Gasteiger partial charge in [-0.2, -0.15) is 0 Å². The molecule has 8 rings (SSSR count). The number of hydrogen-bond acceptors (Lipinski definition) is 7. The molecule has 2 aromatic heterocycles. The zero-order chi connectivity index (χ0) is 39.2. The first-order chi connectivity index (χ1) is 27.1. The number of fused-ring (bicyclic) bond motifs is 1. The third kappa shape index (κ3) is 8.63. The van der Waals surface area contributed by atoms with Crippen LogP contribution < -0.4 is 16.1 Å². The van der Waals surface area contributed by atoms with Crippen LogP contribution in [0.15, 0.2) is 111 Å². The third-order valence-electron chi connectivity index (χ3n) is 11.0. The minimum atomic E-state index is -0.600. The van der Waals surface area contributed by atoms with Gasteiger partial charge in [0, 0.05) is 36.6 Å². The number of aromatic amines is 1. The topological polar surface area (TPSA) is 112 Å². The normalized spacial score (nSPS) is 16.3. The van der Waals surface area contributed by atoms with Crippen molar-refractivity contribution < 1.29 is 14.0 Å². The summed E-state index contributed by atoms with van der Waals surface area (Å²) >= 11 is 0. The van der Waals surface area contributed by atoms with Crippen molar-refractivity contribution in [3.8, 4) is 34.0 Å². The lowest BCUT2D eigenvalue weighted by Crippen LogP contribution is -2.35. The summed E-state index contributed by atoms with van der Waals surface area (Å²) in [7, 11) is 1.71. The van der Waals surface area contributed by atoms with Gasteiger partial charge in [0.05, 0.1) is 17.5 Å². The maximum Gasteiger partial charge on any atom is 0.439 e. The molecule has 0 saturated heterocycles. The van der Waals surface area contributed by atoms with E-state index in [1.807, 2.05) is 73.7 Å². The summed E-state index contributed by atoms with van der Waals surface area (Å²) in [5, 5.41) is 3.86. The lowest BCUT2D eigenvalue weighted by molar-refractivity contribution is -0.0108. The number of aromatic nitrogens is 4. The van der Waals surface area contributed by atoms with Crippen LogP contribution in [0.25, 0.3) is 28.2 Å². The van der Waals surface area contributed by atoms with Gasteiger partial charge in [-0.25, -0.2) is 9.78 Å². The Kier molecular flexibility index (Phi) is 11.8. The molecular weight excluding hydrogens is 701 g/mol. The molecule has 290 valence electrons. The minimum Gasteiger partial charge on any atom is -0.487 e. The fourth-order valence-electron chi connectivity index (χ4n) is 8.22. The molecule has 0 bridgehead atoms. The molecule has 1 N–H and O–H groups in total. The van der Waals surface area contributed by atoms with Gasteiger partial charge in [0.25, 0.3) is 5.56 Å². The fraction of sp³-hybridized carbons (Fsp3) is 0.362. The maximum absolute atomic E-state index is 14.2. The SMILES string of the molecule is CCCc1nc(C)n(-c2ccc3c(c2)C(OC)CC(C)(C)O3)c(=O)c1Cc1ccc(-c2ccccc2-c2noc(=O)[nH]2)cc1.c1ccc(C2CCCCC2)cc1. The molecule has 56 heavy (non-hydrogen) atoms. The van der Waals surface area contributed by atoms with E-state index in [0.29, 0.717) is 36.5 Å². The van der Waals surface area contributed by atoms with Crippen LogP contribution in [0.5, 0.6) is 5.75 Å². The Labute approximate surface area is 328 Å². The quantitative estimate of drug-likeness (QED) is 0.156. The summed E-state index contributed by atoms with van der Waals surface area (Å²) in [4.78, 5) is 33.3. The monoisotopic (exact) mass is 752 g/mol. The zero-order valence-corrected chi connectivity index (χ0v) is 33.1. The van der Waals surface area contributed by atoms with E-state index in [-0.39, 0.29) is 17.3 Å². The molecule has 9 heteroatoms. The van der Waals surface area contributed by atoms with E-state index in [0.717, 1.165) is 57.3 Å². The fourth-order valence-corrected chi connectivity index (χ4v) is 8.22. The molecule has 3 heterocycles. The minimum absolute atomic E-state index is 0.0728. The van der Waals surface area contributed by atoms with E-state index in [1.165, 1.54) is 32.1 Å². The number of ether oxygens (including phenoxy) is 2. The molecule has 0 spiro atoms. The summed E-state index contributed by atoms with van der Waals surface area (Å²) in [5.74, 6) is 2.05. The van der Waals surface area contributed by atoms with Crippen molar-refractivity contribution in [1.82, 2.24) is 19.7 Å². The van der Waals surface area contributed by atoms with Crippen LogP contribution in [-0.4, -0.2) is 32.4 Å². The van der Waals surface area contributed by atoms with E-state index in [2.05, 4.69) is 61.2 Å². The Balaban J connectivity index is 0.000000339. The van der Waals surface area contributed by atoms with Crippen molar-refractivity contribution in [2.75, 3.05) is 7.11 Å².